The van der Waals surface area contributed by atoms with Crippen molar-refractivity contribution in [3.05, 3.63) is 77.1 Å². The third kappa shape index (κ3) is 4.28. The molecular formula is C25H27FN4O2. The Labute approximate surface area is 187 Å². The third-order valence-corrected chi connectivity index (χ3v) is 5.60. The summed E-state index contributed by atoms with van der Waals surface area (Å²) >= 11 is 0. The molecule has 2 amide bonds. The molecule has 0 saturated heterocycles. The predicted molar refractivity (Wildman–Crippen MR) is 121 cm³/mol. The van der Waals surface area contributed by atoms with Crippen molar-refractivity contribution in [3.63, 3.8) is 0 Å². The highest BCUT2D eigenvalue weighted by atomic mass is 19.1. The number of hydrogen-bond acceptors (Lipinski definition) is 4. The normalized spacial score (nSPS) is 16.6. The molecule has 0 bridgehead atoms. The van der Waals surface area contributed by atoms with E-state index in [0.717, 1.165) is 23.3 Å². The Morgan fingerprint density at radius 2 is 1.94 bits per heavy atom. The number of hydrogen-bond donors (Lipinski definition) is 1. The van der Waals surface area contributed by atoms with E-state index in [1.807, 2.05) is 19.1 Å². The number of aromatic nitrogens is 2. The SMILES string of the molecule is CCc1ccc(C2NC(=O)N(CC(C)C)C(C)=C2c2nc(-c3cccc(F)c3)no2)cc1. The zero-order valence-corrected chi connectivity index (χ0v) is 18.7. The van der Waals surface area contributed by atoms with Crippen LogP contribution in [0.5, 0.6) is 0 Å². The van der Waals surface area contributed by atoms with E-state index in [1.165, 1.54) is 17.7 Å². The van der Waals surface area contributed by atoms with Crippen LogP contribution in [-0.2, 0) is 6.42 Å². The van der Waals surface area contributed by atoms with Gasteiger partial charge in [-0.2, -0.15) is 4.98 Å². The summed E-state index contributed by atoms with van der Waals surface area (Å²) in [5, 5.41) is 7.18. The number of amides is 2. The van der Waals surface area contributed by atoms with Crippen LogP contribution in [0.1, 0.15) is 50.8 Å². The smallest absolute Gasteiger partial charge is 0.322 e. The minimum atomic E-state index is -0.433. The van der Waals surface area contributed by atoms with Gasteiger partial charge in [-0.05, 0) is 42.5 Å². The molecule has 0 saturated carbocycles. The van der Waals surface area contributed by atoms with Crippen molar-refractivity contribution in [3.8, 4) is 11.4 Å². The minimum Gasteiger partial charge on any atom is -0.334 e. The van der Waals surface area contributed by atoms with Crippen LogP contribution in [0.4, 0.5) is 9.18 Å². The number of nitrogens with zero attached hydrogens (tertiary/aromatic N) is 3. The molecule has 1 aromatic heterocycles. The number of halogens is 1. The van der Waals surface area contributed by atoms with Gasteiger partial charge in [-0.1, -0.05) is 62.3 Å². The maximum atomic E-state index is 13.7. The molecule has 2 aromatic carbocycles. The summed E-state index contributed by atoms with van der Waals surface area (Å²) < 4.78 is 19.3. The van der Waals surface area contributed by atoms with Gasteiger partial charge in [-0.3, -0.25) is 4.90 Å². The fourth-order valence-electron chi connectivity index (χ4n) is 3.92. The van der Waals surface area contributed by atoms with Gasteiger partial charge >= 0.3 is 6.03 Å². The number of aryl methyl sites for hydroxylation is 1. The van der Waals surface area contributed by atoms with Crippen molar-refractivity contribution < 1.29 is 13.7 Å². The fourth-order valence-corrected chi connectivity index (χ4v) is 3.92. The third-order valence-electron chi connectivity index (χ3n) is 5.60. The minimum absolute atomic E-state index is 0.158. The highest BCUT2D eigenvalue weighted by Crippen LogP contribution is 2.37. The molecule has 0 radical (unpaired) electrons. The lowest BCUT2D eigenvalue weighted by atomic mass is 9.93. The van der Waals surface area contributed by atoms with Gasteiger partial charge < -0.3 is 9.84 Å². The number of carbonyl (C=O) groups excluding carboxylic acids is 1. The van der Waals surface area contributed by atoms with E-state index >= 15 is 0 Å². The topological polar surface area (TPSA) is 71.3 Å². The monoisotopic (exact) mass is 434 g/mol. The first kappa shape index (κ1) is 21.7. The predicted octanol–water partition coefficient (Wildman–Crippen LogP) is 5.59. The summed E-state index contributed by atoms with van der Waals surface area (Å²) in [5.74, 6) is 0.515. The van der Waals surface area contributed by atoms with Crippen LogP contribution in [0.15, 0.2) is 58.8 Å². The molecule has 1 unspecified atom stereocenters. The van der Waals surface area contributed by atoms with Crippen LogP contribution in [0.3, 0.4) is 0 Å². The van der Waals surface area contributed by atoms with E-state index in [4.69, 9.17) is 4.52 Å². The first-order valence-electron chi connectivity index (χ1n) is 10.8. The van der Waals surface area contributed by atoms with Gasteiger partial charge in [0, 0.05) is 17.8 Å². The van der Waals surface area contributed by atoms with Gasteiger partial charge in [0.25, 0.3) is 5.89 Å². The molecule has 2 heterocycles. The number of urea groups is 1. The molecule has 1 atom stereocenters. The van der Waals surface area contributed by atoms with Gasteiger partial charge in [0.15, 0.2) is 0 Å². The van der Waals surface area contributed by atoms with Crippen LogP contribution in [0, 0.1) is 11.7 Å². The maximum absolute atomic E-state index is 13.7. The second kappa shape index (κ2) is 8.94. The molecule has 1 N–H and O–H groups in total. The second-order valence-corrected chi connectivity index (χ2v) is 8.41. The summed E-state index contributed by atoms with van der Waals surface area (Å²) in [6, 6.07) is 13.6. The van der Waals surface area contributed by atoms with Crippen molar-refractivity contribution in [2.24, 2.45) is 5.92 Å². The summed E-state index contributed by atoms with van der Waals surface area (Å²) in [6.45, 7) is 8.68. The summed E-state index contributed by atoms with van der Waals surface area (Å²) in [5.41, 5.74) is 4.18. The number of rotatable bonds is 6. The van der Waals surface area contributed by atoms with E-state index in [1.54, 1.807) is 17.0 Å². The van der Waals surface area contributed by atoms with Crippen LogP contribution in [0.25, 0.3) is 17.0 Å². The van der Waals surface area contributed by atoms with Crippen molar-refractivity contribution in [2.45, 2.75) is 40.2 Å². The standard InChI is InChI=1S/C25H27FN4O2/c1-5-17-9-11-18(12-10-17)22-21(16(4)30(14-15(2)3)25(31)27-22)24-28-23(29-32-24)19-7-6-8-20(26)13-19/h6-13,15,22H,5,14H2,1-4H3,(H,27,31). The summed E-state index contributed by atoms with van der Waals surface area (Å²) in [6.07, 6.45) is 0.932. The molecule has 0 fully saturated rings. The first-order chi connectivity index (χ1) is 15.4. The zero-order valence-electron chi connectivity index (χ0n) is 18.7. The van der Waals surface area contributed by atoms with Gasteiger partial charge in [0.1, 0.15) is 5.82 Å². The van der Waals surface area contributed by atoms with E-state index in [0.29, 0.717) is 23.8 Å². The van der Waals surface area contributed by atoms with E-state index < -0.39 is 6.04 Å². The first-order valence-corrected chi connectivity index (χ1v) is 10.8. The Morgan fingerprint density at radius 3 is 2.59 bits per heavy atom. The Morgan fingerprint density at radius 1 is 1.19 bits per heavy atom. The number of allylic oxidation sites excluding steroid dienone is 1. The average molecular weight is 435 g/mol. The fraction of sp³-hybridized carbons (Fsp3) is 0.320. The molecule has 6 nitrogen and oxygen atoms in total. The second-order valence-electron chi connectivity index (χ2n) is 8.41. The molecule has 4 rings (SSSR count). The van der Waals surface area contributed by atoms with Crippen LogP contribution < -0.4 is 5.32 Å². The lowest BCUT2D eigenvalue weighted by molar-refractivity contribution is 0.199. The lowest BCUT2D eigenvalue weighted by Gasteiger charge is -2.36. The van der Waals surface area contributed by atoms with Gasteiger partial charge in [-0.15, -0.1) is 0 Å². The van der Waals surface area contributed by atoms with Crippen LogP contribution in [0.2, 0.25) is 0 Å². The quantitative estimate of drug-likeness (QED) is 0.549. The molecule has 0 spiro atoms. The Bertz CT molecular complexity index is 1150. The van der Waals surface area contributed by atoms with Crippen molar-refractivity contribution in [1.29, 1.82) is 0 Å². The molecule has 3 aromatic rings. The van der Waals surface area contributed by atoms with Gasteiger partial charge in [0.05, 0.1) is 11.6 Å². The Kier molecular flexibility index (Phi) is 6.08. The molecular weight excluding hydrogens is 407 g/mol. The highest BCUT2D eigenvalue weighted by molar-refractivity contribution is 5.86. The lowest BCUT2D eigenvalue weighted by Crippen LogP contribution is -2.47. The largest absolute Gasteiger partial charge is 0.334 e. The number of nitrogens with one attached hydrogen (secondary N) is 1. The Balaban J connectivity index is 1.80. The molecule has 7 heteroatoms. The Hall–Kier alpha value is -3.48. The van der Waals surface area contributed by atoms with Crippen LogP contribution >= 0.6 is 0 Å². The molecule has 32 heavy (non-hydrogen) atoms. The summed E-state index contributed by atoms with van der Waals surface area (Å²) in [4.78, 5) is 19.2. The molecule has 1 aliphatic rings. The molecule has 1 aliphatic heterocycles. The van der Waals surface area contributed by atoms with Crippen molar-refractivity contribution >= 4 is 11.6 Å². The van der Waals surface area contributed by atoms with E-state index in [9.17, 15) is 9.18 Å². The highest BCUT2D eigenvalue weighted by Gasteiger charge is 2.35. The van der Waals surface area contributed by atoms with Crippen molar-refractivity contribution in [2.75, 3.05) is 6.54 Å². The molecule has 166 valence electrons. The van der Waals surface area contributed by atoms with Gasteiger partial charge in [-0.25, -0.2) is 9.18 Å². The van der Waals surface area contributed by atoms with Crippen molar-refractivity contribution in [1.82, 2.24) is 20.4 Å². The van der Waals surface area contributed by atoms with E-state index in [2.05, 4.69) is 48.4 Å². The number of carbonyl (C=O) groups is 1. The van der Waals surface area contributed by atoms with E-state index in [-0.39, 0.29) is 17.8 Å². The average Bonchev–Trinajstić information content (AvgIpc) is 3.26. The molecule has 0 aliphatic carbocycles. The van der Waals surface area contributed by atoms with Gasteiger partial charge in [0.2, 0.25) is 5.82 Å². The number of benzene rings is 2. The summed E-state index contributed by atoms with van der Waals surface area (Å²) in [7, 11) is 0. The zero-order chi connectivity index (χ0) is 22.8. The van der Waals surface area contributed by atoms with Crippen LogP contribution in [-0.4, -0.2) is 27.6 Å². The maximum Gasteiger partial charge on any atom is 0.322 e.